The van der Waals surface area contributed by atoms with Gasteiger partial charge in [0.15, 0.2) is 5.69 Å². The summed E-state index contributed by atoms with van der Waals surface area (Å²) in [6.45, 7) is 2.85. The highest BCUT2D eigenvalue weighted by atomic mass is 35.5. The van der Waals surface area contributed by atoms with E-state index in [-0.39, 0.29) is 18.2 Å². The number of halogens is 2. The summed E-state index contributed by atoms with van der Waals surface area (Å²) in [5, 5.41) is 15.4. The number of benzene rings is 1. The first-order valence-electron chi connectivity index (χ1n) is 8.77. The molecule has 0 atom stereocenters. The van der Waals surface area contributed by atoms with E-state index in [0.717, 1.165) is 0 Å². The number of hydrogen-bond acceptors (Lipinski definition) is 5. The number of pyridine rings is 1. The highest BCUT2D eigenvalue weighted by Gasteiger charge is 2.16. The van der Waals surface area contributed by atoms with E-state index in [0.29, 0.717) is 44.5 Å². The van der Waals surface area contributed by atoms with Crippen LogP contribution in [-0.2, 0) is 13.2 Å². The second-order valence-corrected chi connectivity index (χ2v) is 7.00. The molecule has 8 nitrogen and oxygen atoms in total. The molecule has 0 saturated heterocycles. The van der Waals surface area contributed by atoms with Crippen molar-refractivity contribution < 1.29 is 9.53 Å². The van der Waals surface area contributed by atoms with Gasteiger partial charge in [0.1, 0.15) is 12.4 Å². The first kappa shape index (κ1) is 19.2. The van der Waals surface area contributed by atoms with Crippen LogP contribution in [0.2, 0.25) is 10.0 Å². The quantitative estimate of drug-likeness (QED) is 0.474. The maximum atomic E-state index is 12.7. The maximum Gasteiger partial charge on any atom is 0.276 e. The van der Waals surface area contributed by atoms with Crippen LogP contribution in [0.1, 0.15) is 23.0 Å². The molecule has 3 aromatic heterocycles. The number of carbonyl (C=O) groups is 1. The van der Waals surface area contributed by atoms with Gasteiger partial charge in [-0.25, -0.2) is 0 Å². The van der Waals surface area contributed by atoms with Gasteiger partial charge >= 0.3 is 0 Å². The molecule has 148 valence electrons. The fraction of sp³-hybridized carbons (Fsp3) is 0.158. The topological polar surface area (TPSA) is 97.7 Å². The largest absolute Gasteiger partial charge is 0.489 e. The molecule has 0 aliphatic carbocycles. The van der Waals surface area contributed by atoms with Gasteiger partial charge in [0, 0.05) is 36.1 Å². The maximum absolute atomic E-state index is 12.7. The molecule has 0 fully saturated rings. The lowest BCUT2D eigenvalue weighted by molar-refractivity contribution is 0.102. The Morgan fingerprint density at radius 2 is 2.03 bits per heavy atom. The molecule has 0 spiro atoms. The number of anilines is 1. The van der Waals surface area contributed by atoms with Crippen LogP contribution in [0.15, 0.2) is 43.0 Å². The van der Waals surface area contributed by atoms with Gasteiger partial charge in [-0.2, -0.15) is 10.2 Å². The smallest absolute Gasteiger partial charge is 0.276 e. The van der Waals surface area contributed by atoms with E-state index in [9.17, 15) is 4.79 Å². The molecular weight excluding hydrogens is 415 g/mol. The summed E-state index contributed by atoms with van der Waals surface area (Å²) in [7, 11) is 0. The summed E-state index contributed by atoms with van der Waals surface area (Å²) in [4.78, 5) is 16.6. The van der Waals surface area contributed by atoms with Gasteiger partial charge in [-0.1, -0.05) is 23.2 Å². The van der Waals surface area contributed by atoms with Crippen LogP contribution in [0.5, 0.6) is 5.75 Å². The van der Waals surface area contributed by atoms with Gasteiger partial charge < -0.3 is 10.1 Å². The molecule has 1 amide bonds. The van der Waals surface area contributed by atoms with Crippen LogP contribution in [0.25, 0.3) is 10.9 Å². The number of amides is 1. The average Bonchev–Trinajstić information content (AvgIpc) is 3.34. The molecule has 0 aliphatic rings. The van der Waals surface area contributed by atoms with Crippen LogP contribution in [0.4, 0.5) is 5.69 Å². The predicted molar refractivity (Wildman–Crippen MR) is 111 cm³/mol. The third-order valence-corrected chi connectivity index (χ3v) is 4.95. The molecule has 0 bridgehead atoms. The third kappa shape index (κ3) is 4.03. The van der Waals surface area contributed by atoms with E-state index in [4.69, 9.17) is 27.9 Å². The van der Waals surface area contributed by atoms with E-state index >= 15 is 0 Å². The van der Waals surface area contributed by atoms with Crippen LogP contribution in [0, 0.1) is 0 Å². The second kappa shape index (κ2) is 8.10. The monoisotopic (exact) mass is 430 g/mol. The predicted octanol–water partition coefficient (Wildman–Crippen LogP) is 4.31. The fourth-order valence-electron chi connectivity index (χ4n) is 2.78. The molecule has 0 unspecified atom stereocenters. The SMILES string of the molecule is CCn1cc(NC(=O)c2n[nH]c3ccc(OCc4c(Cl)cncc4Cl)cc23)cn1. The molecule has 0 saturated carbocycles. The van der Waals surface area contributed by atoms with Gasteiger partial charge in [-0.15, -0.1) is 0 Å². The number of aryl methyl sites for hydroxylation is 1. The molecular formula is C19H16Cl2N6O2. The van der Waals surface area contributed by atoms with E-state index in [2.05, 4.69) is 25.6 Å². The molecule has 4 rings (SSSR count). The van der Waals surface area contributed by atoms with Crippen molar-refractivity contribution in [2.75, 3.05) is 5.32 Å². The Labute approximate surface area is 175 Å². The minimum Gasteiger partial charge on any atom is -0.489 e. The number of H-pyrrole nitrogens is 1. The Hall–Kier alpha value is -3.10. The summed E-state index contributed by atoms with van der Waals surface area (Å²) in [6.07, 6.45) is 6.36. The van der Waals surface area contributed by atoms with Crippen molar-refractivity contribution in [3.63, 3.8) is 0 Å². The van der Waals surface area contributed by atoms with Gasteiger partial charge in [0.05, 0.1) is 27.4 Å². The van der Waals surface area contributed by atoms with Crippen molar-refractivity contribution in [1.82, 2.24) is 25.0 Å². The zero-order chi connectivity index (χ0) is 20.4. The number of ether oxygens (including phenoxy) is 1. The molecule has 2 N–H and O–H groups in total. The van der Waals surface area contributed by atoms with Crippen molar-refractivity contribution in [3.05, 3.63) is 64.3 Å². The Morgan fingerprint density at radius 1 is 1.24 bits per heavy atom. The number of carbonyl (C=O) groups excluding carboxylic acids is 1. The van der Waals surface area contributed by atoms with Crippen molar-refractivity contribution in [2.24, 2.45) is 0 Å². The number of aromatic nitrogens is 5. The molecule has 3 heterocycles. The Kier molecular flexibility index (Phi) is 5.37. The molecule has 1 aromatic carbocycles. The Bertz CT molecular complexity index is 1170. The van der Waals surface area contributed by atoms with E-state index < -0.39 is 0 Å². The van der Waals surface area contributed by atoms with Gasteiger partial charge in [0.25, 0.3) is 5.91 Å². The summed E-state index contributed by atoms with van der Waals surface area (Å²) >= 11 is 12.3. The molecule has 4 aromatic rings. The van der Waals surface area contributed by atoms with Crippen LogP contribution in [-0.4, -0.2) is 30.9 Å². The lowest BCUT2D eigenvalue weighted by Gasteiger charge is -2.09. The number of aromatic amines is 1. The van der Waals surface area contributed by atoms with Gasteiger partial charge in [0.2, 0.25) is 0 Å². The van der Waals surface area contributed by atoms with E-state index in [1.165, 1.54) is 12.4 Å². The molecule has 0 aliphatic heterocycles. The fourth-order valence-corrected chi connectivity index (χ4v) is 3.25. The van der Waals surface area contributed by atoms with Crippen LogP contribution >= 0.6 is 23.2 Å². The summed E-state index contributed by atoms with van der Waals surface area (Å²) in [6, 6.07) is 5.31. The summed E-state index contributed by atoms with van der Waals surface area (Å²) < 4.78 is 7.54. The van der Waals surface area contributed by atoms with Gasteiger partial charge in [-0.3, -0.25) is 19.6 Å². The van der Waals surface area contributed by atoms with Gasteiger partial charge in [-0.05, 0) is 25.1 Å². The zero-order valence-electron chi connectivity index (χ0n) is 15.3. The van der Waals surface area contributed by atoms with Crippen LogP contribution < -0.4 is 10.1 Å². The minimum absolute atomic E-state index is 0.168. The van der Waals surface area contributed by atoms with Crippen molar-refractivity contribution >= 4 is 45.7 Å². The lowest BCUT2D eigenvalue weighted by atomic mass is 10.2. The van der Waals surface area contributed by atoms with Crippen molar-refractivity contribution in [1.29, 1.82) is 0 Å². The zero-order valence-corrected chi connectivity index (χ0v) is 16.8. The number of nitrogens with zero attached hydrogens (tertiary/aromatic N) is 4. The summed E-state index contributed by atoms with van der Waals surface area (Å²) in [5.41, 5.74) is 2.21. The normalized spacial score (nSPS) is 11.0. The Balaban J connectivity index is 1.55. The number of fused-ring (bicyclic) bond motifs is 1. The number of rotatable bonds is 6. The third-order valence-electron chi connectivity index (χ3n) is 4.30. The number of hydrogen-bond donors (Lipinski definition) is 2. The van der Waals surface area contributed by atoms with Crippen LogP contribution in [0.3, 0.4) is 0 Å². The number of nitrogens with one attached hydrogen (secondary N) is 2. The van der Waals surface area contributed by atoms with Crippen molar-refractivity contribution in [2.45, 2.75) is 20.1 Å². The van der Waals surface area contributed by atoms with Crippen molar-refractivity contribution in [3.8, 4) is 5.75 Å². The lowest BCUT2D eigenvalue weighted by Crippen LogP contribution is -2.12. The summed E-state index contributed by atoms with van der Waals surface area (Å²) in [5.74, 6) is 0.208. The standard InChI is InChI=1S/C19H16Cl2N6O2/c1-2-27-9-11(6-23-27)24-19(28)18-13-5-12(3-4-17(13)25-26-18)29-10-14-15(20)7-22-8-16(14)21/h3-9H,2,10H2,1H3,(H,24,28)(H,25,26). The minimum atomic E-state index is -0.343. The highest BCUT2D eigenvalue weighted by molar-refractivity contribution is 6.35. The highest BCUT2D eigenvalue weighted by Crippen LogP contribution is 2.27. The molecule has 10 heteroatoms. The van der Waals surface area contributed by atoms with E-state index in [1.54, 1.807) is 35.3 Å². The average molecular weight is 431 g/mol. The van der Waals surface area contributed by atoms with E-state index in [1.807, 2.05) is 6.92 Å². The first-order chi connectivity index (χ1) is 14.0. The Morgan fingerprint density at radius 3 is 2.76 bits per heavy atom. The second-order valence-electron chi connectivity index (χ2n) is 6.19. The molecule has 0 radical (unpaired) electrons. The first-order valence-corrected chi connectivity index (χ1v) is 9.53. The molecule has 29 heavy (non-hydrogen) atoms.